The lowest BCUT2D eigenvalue weighted by Crippen LogP contribution is -2.15. The van der Waals surface area contributed by atoms with Crippen LogP contribution in [0.5, 0.6) is 5.75 Å². The summed E-state index contributed by atoms with van der Waals surface area (Å²) in [5.74, 6) is 0.785. The SMILES string of the molecule is O=C1CCOc2c1ccc1cccnc21. The van der Waals surface area contributed by atoms with E-state index in [1.807, 2.05) is 24.3 Å². The molecule has 1 aromatic carbocycles. The molecule has 3 rings (SSSR count). The average molecular weight is 199 g/mol. The van der Waals surface area contributed by atoms with Gasteiger partial charge in [0.25, 0.3) is 0 Å². The smallest absolute Gasteiger partial charge is 0.170 e. The normalized spacial score (nSPS) is 14.8. The first-order valence-corrected chi connectivity index (χ1v) is 4.90. The molecule has 1 aliphatic heterocycles. The molecule has 2 aromatic rings. The fraction of sp³-hybridized carbons (Fsp3) is 0.167. The van der Waals surface area contributed by atoms with E-state index in [9.17, 15) is 4.79 Å². The number of aromatic nitrogens is 1. The van der Waals surface area contributed by atoms with Crippen LogP contribution in [0.2, 0.25) is 0 Å². The van der Waals surface area contributed by atoms with Gasteiger partial charge in [-0.1, -0.05) is 12.1 Å². The highest BCUT2D eigenvalue weighted by atomic mass is 16.5. The molecule has 0 aliphatic carbocycles. The molecule has 0 amide bonds. The van der Waals surface area contributed by atoms with Crippen molar-refractivity contribution in [1.82, 2.24) is 4.98 Å². The Labute approximate surface area is 86.7 Å². The van der Waals surface area contributed by atoms with Crippen LogP contribution in [0, 0.1) is 0 Å². The Morgan fingerprint density at radius 2 is 2.20 bits per heavy atom. The van der Waals surface area contributed by atoms with Crippen LogP contribution in [0.25, 0.3) is 10.9 Å². The minimum Gasteiger partial charge on any atom is -0.490 e. The molecule has 74 valence electrons. The summed E-state index contributed by atoms with van der Waals surface area (Å²) in [5.41, 5.74) is 1.44. The molecule has 0 bridgehead atoms. The largest absolute Gasteiger partial charge is 0.490 e. The van der Waals surface area contributed by atoms with Crippen molar-refractivity contribution >= 4 is 16.7 Å². The summed E-state index contributed by atoms with van der Waals surface area (Å²) in [5, 5.41) is 1.01. The third-order valence-electron chi connectivity index (χ3n) is 2.60. The molecule has 2 heterocycles. The molecule has 0 N–H and O–H groups in total. The summed E-state index contributed by atoms with van der Waals surface area (Å²) in [6, 6.07) is 7.57. The van der Waals surface area contributed by atoms with E-state index in [1.165, 1.54) is 0 Å². The summed E-state index contributed by atoms with van der Waals surface area (Å²) >= 11 is 0. The predicted octanol–water partition coefficient (Wildman–Crippen LogP) is 2.20. The Morgan fingerprint density at radius 1 is 1.27 bits per heavy atom. The van der Waals surface area contributed by atoms with Crippen molar-refractivity contribution in [2.24, 2.45) is 0 Å². The minimum absolute atomic E-state index is 0.142. The van der Waals surface area contributed by atoms with Gasteiger partial charge in [-0.05, 0) is 12.1 Å². The fourth-order valence-corrected chi connectivity index (χ4v) is 1.86. The molecule has 3 nitrogen and oxygen atoms in total. The summed E-state index contributed by atoms with van der Waals surface area (Å²) in [6.07, 6.45) is 2.18. The zero-order valence-corrected chi connectivity index (χ0v) is 8.06. The number of nitrogens with zero attached hydrogens (tertiary/aromatic N) is 1. The highest BCUT2D eigenvalue weighted by Gasteiger charge is 2.20. The molecule has 0 radical (unpaired) electrons. The van der Waals surface area contributed by atoms with Crippen molar-refractivity contribution in [1.29, 1.82) is 0 Å². The lowest BCUT2D eigenvalue weighted by Gasteiger charge is -2.17. The molecule has 1 aliphatic rings. The van der Waals surface area contributed by atoms with E-state index < -0.39 is 0 Å². The van der Waals surface area contributed by atoms with Gasteiger partial charge in [-0.2, -0.15) is 0 Å². The van der Waals surface area contributed by atoms with Crippen molar-refractivity contribution in [2.45, 2.75) is 6.42 Å². The van der Waals surface area contributed by atoms with Gasteiger partial charge in [0.05, 0.1) is 12.2 Å². The van der Waals surface area contributed by atoms with Crippen LogP contribution in [0.1, 0.15) is 16.8 Å². The molecule has 0 saturated heterocycles. The van der Waals surface area contributed by atoms with E-state index in [1.54, 1.807) is 6.20 Å². The van der Waals surface area contributed by atoms with Gasteiger partial charge in [0.1, 0.15) is 5.52 Å². The molecule has 0 fully saturated rings. The number of fused-ring (bicyclic) bond motifs is 3. The monoisotopic (exact) mass is 199 g/mol. The highest BCUT2D eigenvalue weighted by Crippen LogP contribution is 2.31. The molecule has 0 spiro atoms. The second-order valence-electron chi connectivity index (χ2n) is 3.54. The number of ketones is 1. The van der Waals surface area contributed by atoms with E-state index in [0.29, 0.717) is 24.3 Å². The second kappa shape index (κ2) is 3.05. The van der Waals surface area contributed by atoms with Gasteiger partial charge in [0.2, 0.25) is 0 Å². The summed E-state index contributed by atoms with van der Waals surface area (Å²) < 4.78 is 5.52. The van der Waals surface area contributed by atoms with Gasteiger partial charge in [-0.25, -0.2) is 0 Å². The summed E-state index contributed by atoms with van der Waals surface area (Å²) in [7, 11) is 0. The van der Waals surface area contributed by atoms with E-state index >= 15 is 0 Å². The highest BCUT2D eigenvalue weighted by molar-refractivity contribution is 6.04. The number of ether oxygens (including phenoxy) is 1. The number of hydrogen-bond donors (Lipinski definition) is 0. The van der Waals surface area contributed by atoms with Gasteiger partial charge >= 0.3 is 0 Å². The molecule has 0 atom stereocenters. The minimum atomic E-state index is 0.142. The fourth-order valence-electron chi connectivity index (χ4n) is 1.86. The van der Waals surface area contributed by atoms with E-state index in [0.717, 1.165) is 10.9 Å². The van der Waals surface area contributed by atoms with E-state index in [-0.39, 0.29) is 5.78 Å². The first kappa shape index (κ1) is 8.41. The van der Waals surface area contributed by atoms with Crippen molar-refractivity contribution in [3.05, 3.63) is 36.0 Å². The van der Waals surface area contributed by atoms with Crippen molar-refractivity contribution in [3.63, 3.8) is 0 Å². The number of benzene rings is 1. The number of carbonyl (C=O) groups excluding carboxylic acids is 1. The van der Waals surface area contributed by atoms with Gasteiger partial charge in [0, 0.05) is 18.0 Å². The maximum atomic E-state index is 11.6. The Bertz CT molecular complexity index is 548. The zero-order valence-electron chi connectivity index (χ0n) is 8.06. The number of carbonyl (C=O) groups is 1. The molecular weight excluding hydrogens is 190 g/mol. The number of rotatable bonds is 0. The lowest BCUT2D eigenvalue weighted by atomic mass is 10.0. The number of Topliss-reactive ketones (excluding diaryl/α,β-unsaturated/α-hetero) is 1. The van der Waals surface area contributed by atoms with Crippen LogP contribution in [0.3, 0.4) is 0 Å². The van der Waals surface area contributed by atoms with Crippen molar-refractivity contribution < 1.29 is 9.53 Å². The van der Waals surface area contributed by atoms with Gasteiger partial charge in [-0.3, -0.25) is 9.78 Å². The standard InChI is InChI=1S/C12H9NO2/c14-10-5-7-15-12-9(10)4-3-8-2-1-6-13-11(8)12/h1-4,6H,5,7H2. The number of pyridine rings is 1. The third-order valence-corrected chi connectivity index (χ3v) is 2.60. The first-order chi connectivity index (χ1) is 7.36. The van der Waals surface area contributed by atoms with Crippen LogP contribution in [0.15, 0.2) is 30.5 Å². The van der Waals surface area contributed by atoms with Crippen molar-refractivity contribution in [3.8, 4) is 5.75 Å². The molecule has 0 saturated carbocycles. The Kier molecular flexibility index (Phi) is 1.71. The van der Waals surface area contributed by atoms with Gasteiger partial charge in [0.15, 0.2) is 11.5 Å². The predicted molar refractivity (Wildman–Crippen MR) is 56.2 cm³/mol. The molecule has 1 aromatic heterocycles. The molecular formula is C12H9NO2. The zero-order chi connectivity index (χ0) is 10.3. The Hall–Kier alpha value is -1.90. The molecule has 0 unspecified atom stereocenters. The maximum Gasteiger partial charge on any atom is 0.170 e. The van der Waals surface area contributed by atoms with Gasteiger partial charge < -0.3 is 4.74 Å². The summed E-state index contributed by atoms with van der Waals surface area (Å²) in [4.78, 5) is 15.9. The topological polar surface area (TPSA) is 39.2 Å². The van der Waals surface area contributed by atoms with Crippen LogP contribution in [-0.4, -0.2) is 17.4 Å². The Morgan fingerprint density at radius 3 is 3.13 bits per heavy atom. The van der Waals surface area contributed by atoms with Gasteiger partial charge in [-0.15, -0.1) is 0 Å². The third kappa shape index (κ3) is 1.20. The van der Waals surface area contributed by atoms with E-state index in [2.05, 4.69) is 4.98 Å². The van der Waals surface area contributed by atoms with Crippen LogP contribution >= 0.6 is 0 Å². The number of hydrogen-bond acceptors (Lipinski definition) is 3. The molecule has 3 heteroatoms. The first-order valence-electron chi connectivity index (χ1n) is 4.90. The quantitative estimate of drug-likeness (QED) is 0.653. The van der Waals surface area contributed by atoms with Crippen molar-refractivity contribution in [2.75, 3.05) is 6.61 Å². The summed E-state index contributed by atoms with van der Waals surface area (Å²) in [6.45, 7) is 0.460. The van der Waals surface area contributed by atoms with Crippen LogP contribution < -0.4 is 4.74 Å². The van der Waals surface area contributed by atoms with Crippen LogP contribution in [-0.2, 0) is 0 Å². The molecule has 15 heavy (non-hydrogen) atoms. The lowest BCUT2D eigenvalue weighted by molar-refractivity contribution is 0.0934. The maximum absolute atomic E-state index is 11.6. The van der Waals surface area contributed by atoms with Crippen LogP contribution in [0.4, 0.5) is 0 Å². The Balaban J connectivity index is 2.38. The average Bonchev–Trinajstić information content (AvgIpc) is 2.29. The second-order valence-corrected chi connectivity index (χ2v) is 3.54. The van der Waals surface area contributed by atoms with E-state index in [4.69, 9.17) is 4.74 Å².